The third-order valence-electron chi connectivity index (χ3n) is 5.12. The molecule has 6 heteroatoms. The lowest BCUT2D eigenvalue weighted by atomic mass is 9.97. The maximum atomic E-state index is 12.8. The van der Waals surface area contributed by atoms with E-state index >= 15 is 0 Å². The molecular formula is C19H26N2O4. The van der Waals surface area contributed by atoms with Gasteiger partial charge in [-0.25, -0.2) is 0 Å². The maximum absolute atomic E-state index is 12.8. The van der Waals surface area contributed by atoms with E-state index in [0.29, 0.717) is 30.2 Å². The lowest BCUT2D eigenvalue weighted by molar-refractivity contribution is -0.123. The smallest absolute Gasteiger partial charge is 0.254 e. The lowest BCUT2D eigenvalue weighted by Gasteiger charge is -2.31. The summed E-state index contributed by atoms with van der Waals surface area (Å²) in [6.45, 7) is 1.03. The average Bonchev–Trinajstić information content (AvgIpc) is 3.14. The highest BCUT2D eigenvalue weighted by Gasteiger charge is 2.28. The topological polar surface area (TPSA) is 81.9 Å². The molecule has 2 amide bonds. The zero-order valence-corrected chi connectivity index (χ0v) is 14.7. The van der Waals surface area contributed by atoms with E-state index in [2.05, 4.69) is 0 Å². The second-order valence-electron chi connectivity index (χ2n) is 6.88. The first kappa shape index (κ1) is 17.6. The lowest BCUT2D eigenvalue weighted by Crippen LogP contribution is -2.44. The molecule has 0 unspecified atom stereocenters. The molecule has 6 nitrogen and oxygen atoms in total. The Hall–Kier alpha value is -2.24. The van der Waals surface area contributed by atoms with Gasteiger partial charge in [-0.05, 0) is 56.7 Å². The van der Waals surface area contributed by atoms with Crippen LogP contribution in [0.15, 0.2) is 18.2 Å². The second kappa shape index (κ2) is 7.76. The van der Waals surface area contributed by atoms with Crippen LogP contribution in [0.2, 0.25) is 0 Å². The fraction of sp³-hybridized carbons (Fsp3) is 0.579. The quantitative estimate of drug-likeness (QED) is 0.887. The molecule has 2 N–H and O–H groups in total. The number of benzene rings is 1. The Morgan fingerprint density at radius 3 is 2.56 bits per heavy atom. The van der Waals surface area contributed by atoms with Crippen LogP contribution in [-0.4, -0.2) is 43.0 Å². The highest BCUT2D eigenvalue weighted by atomic mass is 16.5. The molecular weight excluding hydrogens is 320 g/mol. The Morgan fingerprint density at radius 1 is 1.12 bits per heavy atom. The minimum atomic E-state index is -0.338. The highest BCUT2D eigenvalue weighted by molar-refractivity contribution is 5.95. The van der Waals surface area contributed by atoms with Crippen LogP contribution in [-0.2, 0) is 4.79 Å². The van der Waals surface area contributed by atoms with Crippen molar-refractivity contribution < 1.29 is 19.1 Å². The van der Waals surface area contributed by atoms with E-state index in [1.807, 2.05) is 0 Å². The number of carbonyl (C=O) groups is 2. The molecule has 1 aromatic carbocycles. The van der Waals surface area contributed by atoms with Gasteiger partial charge >= 0.3 is 0 Å². The van der Waals surface area contributed by atoms with Crippen molar-refractivity contribution in [1.82, 2.24) is 4.90 Å². The van der Waals surface area contributed by atoms with Crippen LogP contribution in [0, 0.1) is 5.92 Å². The number of amides is 2. The van der Waals surface area contributed by atoms with Gasteiger partial charge in [-0.1, -0.05) is 0 Å². The number of hydrogen-bond acceptors (Lipinski definition) is 4. The van der Waals surface area contributed by atoms with Crippen LogP contribution in [0.3, 0.4) is 0 Å². The number of primary amides is 1. The molecule has 136 valence electrons. The van der Waals surface area contributed by atoms with Gasteiger partial charge in [-0.2, -0.15) is 0 Å². The molecule has 1 aliphatic heterocycles. The first-order chi connectivity index (χ1) is 12.1. The van der Waals surface area contributed by atoms with Crippen LogP contribution in [0.4, 0.5) is 0 Å². The monoisotopic (exact) mass is 346 g/mol. The van der Waals surface area contributed by atoms with Gasteiger partial charge in [0.1, 0.15) is 0 Å². The Kier molecular flexibility index (Phi) is 5.46. The summed E-state index contributed by atoms with van der Waals surface area (Å²) < 4.78 is 11.4. The van der Waals surface area contributed by atoms with Gasteiger partial charge in [0, 0.05) is 18.7 Å². The third kappa shape index (κ3) is 4.06. The molecule has 2 fully saturated rings. The Balaban J connectivity index is 1.73. The summed E-state index contributed by atoms with van der Waals surface area (Å²) in [4.78, 5) is 25.9. The Morgan fingerprint density at radius 2 is 1.88 bits per heavy atom. The zero-order valence-electron chi connectivity index (χ0n) is 14.7. The first-order valence-corrected chi connectivity index (χ1v) is 9.01. The van der Waals surface area contributed by atoms with Crippen molar-refractivity contribution in [2.75, 3.05) is 20.2 Å². The van der Waals surface area contributed by atoms with E-state index in [4.69, 9.17) is 15.2 Å². The summed E-state index contributed by atoms with van der Waals surface area (Å²) in [6.07, 6.45) is 6.28. The molecule has 2 aliphatic rings. The van der Waals surface area contributed by atoms with Gasteiger partial charge in [-0.15, -0.1) is 0 Å². The fourth-order valence-corrected chi connectivity index (χ4v) is 3.66. The second-order valence-corrected chi connectivity index (χ2v) is 6.88. The Bertz CT molecular complexity index is 640. The maximum Gasteiger partial charge on any atom is 0.254 e. The molecule has 0 bridgehead atoms. The van der Waals surface area contributed by atoms with Crippen molar-refractivity contribution in [1.29, 1.82) is 0 Å². The number of hydrogen-bond donors (Lipinski definition) is 1. The van der Waals surface area contributed by atoms with Crippen molar-refractivity contribution in [3.63, 3.8) is 0 Å². The Labute approximate surface area is 148 Å². The van der Waals surface area contributed by atoms with Gasteiger partial charge in [0.2, 0.25) is 5.91 Å². The predicted octanol–water partition coefficient (Wildman–Crippen LogP) is 2.35. The molecule has 3 rings (SSSR count). The molecule has 1 saturated heterocycles. The van der Waals surface area contributed by atoms with E-state index in [1.54, 1.807) is 30.2 Å². The van der Waals surface area contributed by atoms with Crippen molar-refractivity contribution in [2.24, 2.45) is 11.7 Å². The normalized spacial score (nSPS) is 21.2. The molecule has 25 heavy (non-hydrogen) atoms. The van der Waals surface area contributed by atoms with Crippen LogP contribution in [0.25, 0.3) is 0 Å². The summed E-state index contributed by atoms with van der Waals surface area (Å²) in [5, 5.41) is 0. The number of nitrogens with zero attached hydrogens (tertiary/aromatic N) is 1. The van der Waals surface area contributed by atoms with Gasteiger partial charge in [0.05, 0.1) is 19.1 Å². The van der Waals surface area contributed by atoms with E-state index in [-0.39, 0.29) is 23.8 Å². The number of likely N-dealkylation sites (tertiary alicyclic amines) is 1. The van der Waals surface area contributed by atoms with Gasteiger partial charge < -0.3 is 20.1 Å². The summed E-state index contributed by atoms with van der Waals surface area (Å²) in [5.74, 6) is 0.553. The number of ether oxygens (including phenoxy) is 2. The largest absolute Gasteiger partial charge is 0.493 e. The standard InChI is InChI=1S/C19H26N2O4/c1-24-17-11-13(8-9-16(17)25-15-6-2-3-7-15)19(23)21-10-4-5-14(12-21)18(20)22/h8-9,11,14-15H,2-7,10,12H2,1H3,(H2,20,22)/t14-/m1/s1. The molecule has 1 atom stereocenters. The average molecular weight is 346 g/mol. The van der Waals surface area contributed by atoms with Crippen LogP contribution in [0.1, 0.15) is 48.9 Å². The van der Waals surface area contributed by atoms with E-state index in [1.165, 1.54) is 12.8 Å². The zero-order chi connectivity index (χ0) is 17.8. The molecule has 0 radical (unpaired) electrons. The van der Waals surface area contributed by atoms with Gasteiger partial charge in [0.15, 0.2) is 11.5 Å². The molecule has 0 spiro atoms. The fourth-order valence-electron chi connectivity index (χ4n) is 3.66. The van der Waals surface area contributed by atoms with E-state index in [0.717, 1.165) is 25.7 Å². The molecule has 1 aliphatic carbocycles. The van der Waals surface area contributed by atoms with Crippen LogP contribution >= 0.6 is 0 Å². The van der Waals surface area contributed by atoms with Crippen molar-refractivity contribution in [3.8, 4) is 11.5 Å². The highest BCUT2D eigenvalue weighted by Crippen LogP contribution is 2.33. The first-order valence-electron chi connectivity index (χ1n) is 9.01. The van der Waals surface area contributed by atoms with Crippen molar-refractivity contribution in [2.45, 2.75) is 44.6 Å². The van der Waals surface area contributed by atoms with E-state index in [9.17, 15) is 9.59 Å². The van der Waals surface area contributed by atoms with E-state index < -0.39 is 0 Å². The molecule has 0 aromatic heterocycles. The SMILES string of the molecule is COc1cc(C(=O)N2CCC[C@@H](C(N)=O)C2)ccc1OC1CCCC1. The van der Waals surface area contributed by atoms with Crippen molar-refractivity contribution in [3.05, 3.63) is 23.8 Å². The van der Waals surface area contributed by atoms with Gasteiger partial charge in [0.25, 0.3) is 5.91 Å². The minimum Gasteiger partial charge on any atom is -0.493 e. The van der Waals surface area contributed by atoms with Crippen LogP contribution in [0.5, 0.6) is 11.5 Å². The number of carbonyl (C=O) groups excluding carboxylic acids is 2. The molecule has 1 aromatic rings. The third-order valence-corrected chi connectivity index (χ3v) is 5.12. The summed E-state index contributed by atoms with van der Waals surface area (Å²) >= 11 is 0. The molecule has 1 saturated carbocycles. The molecule has 1 heterocycles. The van der Waals surface area contributed by atoms with Gasteiger partial charge in [-0.3, -0.25) is 9.59 Å². The number of nitrogens with two attached hydrogens (primary N) is 1. The van der Waals surface area contributed by atoms with Crippen LogP contribution < -0.4 is 15.2 Å². The summed E-state index contributed by atoms with van der Waals surface area (Å²) in [7, 11) is 1.58. The van der Waals surface area contributed by atoms with Crippen molar-refractivity contribution >= 4 is 11.8 Å². The summed E-state index contributed by atoms with van der Waals surface area (Å²) in [5.41, 5.74) is 5.94. The summed E-state index contributed by atoms with van der Waals surface area (Å²) in [6, 6.07) is 5.30. The minimum absolute atomic E-state index is 0.100. The number of methoxy groups -OCH3 is 1. The number of piperidine rings is 1. The number of rotatable bonds is 5. The predicted molar refractivity (Wildman–Crippen MR) is 93.7 cm³/mol.